The smallest absolute Gasteiger partial charge is 0.289 e. The maximum absolute atomic E-state index is 13.3. The third kappa shape index (κ3) is 5.61. The van der Waals surface area contributed by atoms with Gasteiger partial charge in [-0.1, -0.05) is 18.2 Å². The fraction of sp³-hybridized carbons (Fsp3) is 0.192. The second-order valence-electron chi connectivity index (χ2n) is 8.79. The van der Waals surface area contributed by atoms with Crippen LogP contribution in [0.15, 0.2) is 73.0 Å². The van der Waals surface area contributed by atoms with Gasteiger partial charge in [0.15, 0.2) is 11.6 Å². The van der Waals surface area contributed by atoms with Gasteiger partial charge < -0.3 is 20.2 Å². The molecule has 0 aliphatic heterocycles. The number of nitrogens with zero attached hydrogens (tertiary/aromatic N) is 5. The molecule has 37 heavy (non-hydrogen) atoms. The zero-order valence-electron chi connectivity index (χ0n) is 20.2. The summed E-state index contributed by atoms with van der Waals surface area (Å²) in [5, 5.41) is 3.32. The summed E-state index contributed by atoms with van der Waals surface area (Å²) in [4.78, 5) is 36.9. The number of nitrogens with one attached hydrogen (secondary N) is 3. The van der Waals surface area contributed by atoms with Gasteiger partial charge in [0.1, 0.15) is 5.82 Å². The number of benzene rings is 1. The van der Waals surface area contributed by atoms with E-state index >= 15 is 0 Å². The molecule has 188 valence electrons. The Kier molecular flexibility index (Phi) is 6.34. The van der Waals surface area contributed by atoms with Gasteiger partial charge in [-0.25, -0.2) is 28.7 Å². The summed E-state index contributed by atoms with van der Waals surface area (Å²) in [6.07, 6.45) is 14.0. The van der Waals surface area contributed by atoms with Gasteiger partial charge in [0.05, 0.1) is 35.8 Å². The highest BCUT2D eigenvalue weighted by Crippen LogP contribution is 2.24. The van der Waals surface area contributed by atoms with Crippen LogP contribution < -0.4 is 5.32 Å². The van der Waals surface area contributed by atoms with Crippen LogP contribution in [-0.2, 0) is 0 Å². The van der Waals surface area contributed by atoms with Crippen molar-refractivity contribution >= 4 is 28.3 Å². The first-order valence-corrected chi connectivity index (χ1v) is 11.6. The molecular formula is C26H24F2N8O. The number of fused-ring (bicyclic) bond motifs is 1. The van der Waals surface area contributed by atoms with E-state index in [1.54, 1.807) is 43.0 Å². The summed E-state index contributed by atoms with van der Waals surface area (Å²) in [6.45, 7) is 0.0660. The van der Waals surface area contributed by atoms with Crippen molar-refractivity contribution in [3.63, 3.8) is 0 Å². The van der Waals surface area contributed by atoms with Gasteiger partial charge in [-0.3, -0.25) is 4.79 Å². The third-order valence-electron chi connectivity index (χ3n) is 5.66. The minimum atomic E-state index is -3.00. The van der Waals surface area contributed by atoms with Gasteiger partial charge in [-0.2, -0.15) is 0 Å². The van der Waals surface area contributed by atoms with E-state index in [-0.39, 0.29) is 5.82 Å². The lowest BCUT2D eigenvalue weighted by Gasteiger charge is -2.19. The number of aromatic nitrogens is 6. The summed E-state index contributed by atoms with van der Waals surface area (Å²) in [6, 6.07) is 7.08. The molecule has 1 aliphatic carbocycles. The van der Waals surface area contributed by atoms with Crippen LogP contribution in [0.3, 0.4) is 0 Å². The highest BCUT2D eigenvalue weighted by molar-refractivity contribution is 5.94. The van der Waals surface area contributed by atoms with Crippen LogP contribution in [0.25, 0.3) is 28.0 Å². The van der Waals surface area contributed by atoms with Gasteiger partial charge >= 0.3 is 0 Å². The second kappa shape index (κ2) is 9.76. The topological polar surface area (TPSA) is 115 Å². The highest BCUT2D eigenvalue weighted by Gasteiger charge is 2.27. The molecule has 0 fully saturated rings. The van der Waals surface area contributed by atoms with Gasteiger partial charge in [-0.15, -0.1) is 0 Å². The van der Waals surface area contributed by atoms with E-state index in [1.807, 2.05) is 12.2 Å². The second-order valence-corrected chi connectivity index (χ2v) is 8.79. The van der Waals surface area contributed by atoms with Crippen molar-refractivity contribution in [1.29, 1.82) is 0 Å². The Labute approximate surface area is 211 Å². The number of imidazole rings is 2. The van der Waals surface area contributed by atoms with Gasteiger partial charge in [0, 0.05) is 31.4 Å². The van der Waals surface area contributed by atoms with Crippen LogP contribution in [0.1, 0.15) is 29.7 Å². The molecular weight excluding hydrogens is 478 g/mol. The fourth-order valence-corrected chi connectivity index (χ4v) is 3.97. The first-order chi connectivity index (χ1) is 17.7. The molecule has 3 N–H and O–H groups in total. The lowest BCUT2D eigenvalue weighted by atomic mass is 10.2. The predicted octanol–water partition coefficient (Wildman–Crippen LogP) is 4.81. The van der Waals surface area contributed by atoms with E-state index in [4.69, 9.17) is 0 Å². The third-order valence-corrected chi connectivity index (χ3v) is 5.66. The number of allylic oxidation sites excluding steroid dienone is 5. The maximum atomic E-state index is 13.3. The summed E-state index contributed by atoms with van der Waals surface area (Å²) in [5.74, 6) is -2.52. The molecule has 1 amide bonds. The first kappa shape index (κ1) is 24.0. The zero-order chi connectivity index (χ0) is 26.0. The first-order valence-electron chi connectivity index (χ1n) is 11.6. The van der Waals surface area contributed by atoms with Crippen LogP contribution in [-0.4, -0.2) is 60.2 Å². The molecule has 0 atom stereocenters. The molecule has 0 saturated carbocycles. The molecule has 3 aromatic heterocycles. The molecule has 0 saturated heterocycles. The molecule has 5 rings (SSSR count). The van der Waals surface area contributed by atoms with E-state index in [1.165, 1.54) is 7.05 Å². The zero-order valence-corrected chi connectivity index (χ0v) is 20.2. The Morgan fingerprint density at radius 3 is 2.84 bits per heavy atom. The lowest BCUT2D eigenvalue weighted by Crippen LogP contribution is -2.36. The standard InChI is InChI=1S/C26H24F2N8O/c1-26(27,28)14-36(2)25(37)24-33-19-9-7-17(12-20(19)34-24)23-30-11-10-22(35-23)32-18-5-3-4-16(6-8-18)21-13-29-15-31-21/h4-13,15H,3,14H2,1-2H3,(H,29,31)(H,33,34)(H,30,32,35). The summed E-state index contributed by atoms with van der Waals surface area (Å²) in [5.41, 5.74) is 4.71. The molecule has 11 heteroatoms. The Morgan fingerprint density at radius 1 is 1.19 bits per heavy atom. The van der Waals surface area contributed by atoms with Crippen LogP contribution >= 0.6 is 0 Å². The molecule has 3 heterocycles. The average molecular weight is 503 g/mol. The number of carbonyl (C=O) groups excluding carboxylic acids is 1. The Bertz CT molecular complexity index is 1530. The minimum Gasteiger partial charge on any atom is -0.345 e. The molecule has 0 unspecified atom stereocenters. The minimum absolute atomic E-state index is 0.00886. The van der Waals surface area contributed by atoms with Gasteiger partial charge in [0.25, 0.3) is 11.8 Å². The van der Waals surface area contributed by atoms with Crippen LogP contribution in [0.4, 0.5) is 14.6 Å². The quantitative estimate of drug-likeness (QED) is 0.334. The van der Waals surface area contributed by atoms with E-state index in [0.29, 0.717) is 28.2 Å². The van der Waals surface area contributed by atoms with Crippen LogP contribution in [0, 0.1) is 0 Å². The number of hydrogen-bond donors (Lipinski definition) is 3. The number of H-pyrrole nitrogens is 2. The molecule has 1 aromatic carbocycles. The van der Waals surface area contributed by atoms with Crippen LogP contribution in [0.5, 0.6) is 0 Å². The lowest BCUT2D eigenvalue weighted by molar-refractivity contribution is -0.00583. The van der Waals surface area contributed by atoms with Crippen molar-refractivity contribution in [2.45, 2.75) is 19.3 Å². The highest BCUT2D eigenvalue weighted by atomic mass is 19.3. The van der Waals surface area contributed by atoms with Crippen molar-refractivity contribution < 1.29 is 13.6 Å². The van der Waals surface area contributed by atoms with E-state index in [9.17, 15) is 13.6 Å². The van der Waals surface area contributed by atoms with E-state index < -0.39 is 18.4 Å². The molecule has 0 spiro atoms. The summed E-state index contributed by atoms with van der Waals surface area (Å²) >= 11 is 0. The fourth-order valence-electron chi connectivity index (χ4n) is 3.97. The molecule has 9 nitrogen and oxygen atoms in total. The number of carbonyl (C=O) groups is 1. The SMILES string of the molecule is CN(CC(C)(F)F)C(=O)c1nc2ccc(-c3nccc(NC4=CCC=C(c5cnc[nH]5)C=C4)n3)cc2[nH]1. The number of anilines is 1. The predicted molar refractivity (Wildman–Crippen MR) is 137 cm³/mol. The van der Waals surface area contributed by atoms with Crippen LogP contribution in [0.2, 0.25) is 0 Å². The van der Waals surface area contributed by atoms with Crippen molar-refractivity contribution in [3.8, 4) is 11.4 Å². The monoisotopic (exact) mass is 502 g/mol. The molecule has 1 aliphatic rings. The largest absolute Gasteiger partial charge is 0.345 e. The van der Waals surface area contributed by atoms with Gasteiger partial charge in [0.2, 0.25) is 0 Å². The number of hydrogen-bond acceptors (Lipinski definition) is 6. The number of amides is 1. The average Bonchev–Trinajstić information content (AvgIpc) is 3.49. The van der Waals surface area contributed by atoms with Crippen molar-refractivity contribution in [1.82, 2.24) is 34.8 Å². The number of rotatable bonds is 7. The molecule has 0 bridgehead atoms. The number of aromatic amines is 2. The van der Waals surface area contributed by atoms with Crippen molar-refractivity contribution in [2.24, 2.45) is 0 Å². The Morgan fingerprint density at radius 2 is 2.05 bits per heavy atom. The number of halogens is 2. The summed E-state index contributed by atoms with van der Waals surface area (Å²) < 4.78 is 26.6. The Balaban J connectivity index is 1.33. The molecule has 0 radical (unpaired) electrons. The van der Waals surface area contributed by atoms with E-state index in [0.717, 1.165) is 35.2 Å². The molecule has 4 aromatic rings. The Hall–Kier alpha value is -4.67. The maximum Gasteiger partial charge on any atom is 0.289 e. The van der Waals surface area contributed by atoms with E-state index in [2.05, 4.69) is 47.4 Å². The number of alkyl halides is 2. The normalized spacial score (nSPS) is 13.7. The van der Waals surface area contributed by atoms with Crippen molar-refractivity contribution in [2.75, 3.05) is 18.9 Å². The van der Waals surface area contributed by atoms with Gasteiger partial charge in [-0.05, 0) is 42.3 Å². The van der Waals surface area contributed by atoms with Crippen molar-refractivity contribution in [3.05, 3.63) is 84.5 Å². The summed E-state index contributed by atoms with van der Waals surface area (Å²) in [7, 11) is 1.32.